The van der Waals surface area contributed by atoms with Crippen molar-refractivity contribution in [1.82, 2.24) is 0 Å². The van der Waals surface area contributed by atoms with E-state index in [-0.39, 0.29) is 28.4 Å². The van der Waals surface area contributed by atoms with E-state index in [4.69, 9.17) is 5.53 Å². The molecule has 0 saturated carbocycles. The summed E-state index contributed by atoms with van der Waals surface area (Å²) in [7, 11) is 0. The van der Waals surface area contributed by atoms with Crippen LogP contribution in [-0.2, 0) is 10.2 Å². The van der Waals surface area contributed by atoms with Crippen molar-refractivity contribution >= 4 is 45.5 Å². The molecular formula is C44H27N19O. The van der Waals surface area contributed by atoms with Crippen LogP contribution < -0.4 is 0 Å². The van der Waals surface area contributed by atoms with E-state index in [0.717, 1.165) is 0 Å². The average Bonchev–Trinajstić information content (AvgIpc) is 3.35. The Hall–Kier alpha value is -9.92. The first-order valence-corrected chi connectivity index (χ1v) is 18.9. The molecule has 1 aliphatic rings. The van der Waals surface area contributed by atoms with Gasteiger partial charge in [-0.15, -0.1) is 0 Å². The first-order valence-electron chi connectivity index (χ1n) is 18.9. The van der Waals surface area contributed by atoms with Crippen LogP contribution in [0, 0.1) is 11.3 Å². The lowest BCUT2D eigenvalue weighted by Gasteiger charge is -2.45. The number of nitrogens with zero attached hydrogens (tertiary/aromatic N) is 19. The molecule has 0 amide bonds. The molecule has 0 bridgehead atoms. The number of fused-ring (bicyclic) bond motifs is 1. The number of hydrogen-bond donors (Lipinski definition) is 0. The monoisotopic (exact) mass is 837 g/mol. The highest BCUT2D eigenvalue weighted by Crippen LogP contribution is 2.59. The minimum Gasteiger partial charge on any atom is -0.294 e. The molecule has 20 heteroatoms. The van der Waals surface area contributed by atoms with Gasteiger partial charge in [0, 0.05) is 75.4 Å². The fourth-order valence-electron chi connectivity index (χ4n) is 8.35. The summed E-state index contributed by atoms with van der Waals surface area (Å²) in [6.07, 6.45) is 1.49. The first-order chi connectivity index (χ1) is 31.3. The second-order valence-corrected chi connectivity index (χ2v) is 14.1. The Kier molecular flexibility index (Phi) is 12.5. The zero-order valence-corrected chi connectivity index (χ0v) is 33.0. The number of allylic oxidation sites excluding steroid dienone is 1. The Morgan fingerprint density at radius 2 is 0.875 bits per heavy atom. The van der Waals surface area contributed by atoms with Crippen molar-refractivity contribution in [3.05, 3.63) is 247 Å². The van der Waals surface area contributed by atoms with Crippen LogP contribution in [0.1, 0.15) is 56.7 Å². The Morgan fingerprint density at radius 3 is 1.33 bits per heavy atom. The summed E-state index contributed by atoms with van der Waals surface area (Å²) in [4.78, 5) is 33.4. The van der Waals surface area contributed by atoms with Crippen LogP contribution in [0.5, 0.6) is 0 Å². The van der Waals surface area contributed by atoms with Gasteiger partial charge < -0.3 is 0 Å². The predicted molar refractivity (Wildman–Crippen MR) is 238 cm³/mol. The molecule has 7 rings (SSSR count). The quantitative estimate of drug-likeness (QED) is 0.0697. The van der Waals surface area contributed by atoms with E-state index in [0.29, 0.717) is 50.2 Å². The van der Waals surface area contributed by atoms with Crippen LogP contribution in [0.15, 0.2) is 176 Å². The van der Waals surface area contributed by atoms with Gasteiger partial charge >= 0.3 is 0 Å². The van der Waals surface area contributed by atoms with Crippen LogP contribution in [0.3, 0.4) is 0 Å². The van der Waals surface area contributed by atoms with Crippen molar-refractivity contribution in [3.63, 3.8) is 0 Å². The Labute approximate surface area is 361 Å². The third-order valence-electron chi connectivity index (χ3n) is 10.9. The number of carbonyl (C=O) groups excluding carboxylic acids is 1. The molecule has 6 aromatic rings. The number of nitriles is 1. The topological polar surface area (TPSA) is 333 Å². The molecular weight excluding hydrogens is 811 g/mol. The second-order valence-electron chi connectivity index (χ2n) is 14.1. The molecule has 0 saturated heterocycles. The standard InChI is InChI=1S/C44H27N19O/c45-25-44(30-9-19-35(20-10-30)56-62-50)42(28-5-15-33(16-6-28)54-60-48)39-23-36(57-63-51)21-22-37(39)38(26-1-11-31(12-2-26)52-58-46)24-40(64)41(27-3-13-32(14-4-27)53-59-47)43(44)29-7-17-34(18-8-29)55-61-49/h1-24,41-43H. The van der Waals surface area contributed by atoms with Crippen molar-refractivity contribution in [2.24, 2.45) is 30.7 Å². The number of carbonyl (C=O) groups is 1. The molecule has 0 spiro atoms. The third-order valence-corrected chi connectivity index (χ3v) is 10.9. The number of rotatable bonds is 11. The van der Waals surface area contributed by atoms with Gasteiger partial charge in [0.25, 0.3) is 0 Å². The number of azide groups is 6. The lowest BCUT2D eigenvalue weighted by atomic mass is 9.53. The van der Waals surface area contributed by atoms with Gasteiger partial charge in [-0.2, -0.15) is 5.26 Å². The van der Waals surface area contributed by atoms with Gasteiger partial charge in [-0.1, -0.05) is 164 Å². The maximum Gasteiger partial charge on any atom is 0.164 e. The molecule has 0 fully saturated rings. The molecule has 304 valence electrons. The Morgan fingerprint density at radius 1 is 0.484 bits per heavy atom. The number of ketones is 1. The molecule has 0 heterocycles. The summed E-state index contributed by atoms with van der Waals surface area (Å²) < 4.78 is 0. The van der Waals surface area contributed by atoms with E-state index in [9.17, 15) is 32.9 Å². The third kappa shape index (κ3) is 8.28. The van der Waals surface area contributed by atoms with E-state index >= 15 is 4.79 Å². The lowest BCUT2D eigenvalue weighted by Crippen LogP contribution is -2.43. The van der Waals surface area contributed by atoms with Crippen LogP contribution >= 0.6 is 0 Å². The molecule has 0 N–H and O–H groups in total. The molecule has 1 aliphatic carbocycles. The van der Waals surface area contributed by atoms with Crippen molar-refractivity contribution in [1.29, 1.82) is 5.26 Å². The van der Waals surface area contributed by atoms with Crippen LogP contribution in [0.4, 0.5) is 34.1 Å². The van der Waals surface area contributed by atoms with Gasteiger partial charge in [0.05, 0.1) is 12.0 Å². The summed E-state index contributed by atoms with van der Waals surface area (Å²) in [6.45, 7) is 0. The maximum absolute atomic E-state index is 15.8. The van der Waals surface area contributed by atoms with E-state index in [1.54, 1.807) is 140 Å². The van der Waals surface area contributed by atoms with Gasteiger partial charge in [-0.3, -0.25) is 4.79 Å². The van der Waals surface area contributed by atoms with Crippen LogP contribution in [0.2, 0.25) is 0 Å². The average molecular weight is 838 g/mol. The first kappa shape index (κ1) is 42.2. The second kappa shape index (κ2) is 19.0. The zero-order valence-electron chi connectivity index (χ0n) is 33.0. The fourth-order valence-corrected chi connectivity index (χ4v) is 8.35. The molecule has 0 radical (unpaired) electrons. The number of benzene rings is 6. The van der Waals surface area contributed by atoms with E-state index in [2.05, 4.69) is 66.2 Å². The Bertz CT molecular complexity index is 3160. The van der Waals surface area contributed by atoms with Crippen molar-refractivity contribution in [2.75, 3.05) is 0 Å². The van der Waals surface area contributed by atoms with Gasteiger partial charge in [0.2, 0.25) is 0 Å². The zero-order chi connectivity index (χ0) is 45.1. The van der Waals surface area contributed by atoms with Gasteiger partial charge in [0.15, 0.2) is 5.78 Å². The summed E-state index contributed by atoms with van der Waals surface area (Å²) in [6, 6.07) is 40.2. The summed E-state index contributed by atoms with van der Waals surface area (Å²) in [5.41, 5.74) is 59.4. The molecule has 20 nitrogen and oxygen atoms in total. The highest BCUT2D eigenvalue weighted by molar-refractivity contribution is 6.05. The summed E-state index contributed by atoms with van der Waals surface area (Å²) >= 11 is 0. The van der Waals surface area contributed by atoms with Crippen LogP contribution in [-0.4, -0.2) is 5.78 Å². The smallest absolute Gasteiger partial charge is 0.164 e. The lowest BCUT2D eigenvalue weighted by molar-refractivity contribution is -0.116. The maximum atomic E-state index is 15.8. The molecule has 64 heavy (non-hydrogen) atoms. The molecule has 4 unspecified atom stereocenters. The summed E-state index contributed by atoms with van der Waals surface area (Å²) in [5, 5.41) is 35.1. The minimum absolute atomic E-state index is 0.187. The SMILES string of the molecule is N#CC1(c2ccc(N=[N+]=[N-])cc2)C(c2ccc(N=[N+]=[N-])cc2)c2cc(N=[N+]=[N-])ccc2C(c2ccc(N=[N+]=[N-])cc2)=CC(=O)C(c2ccc(N=[N+]=[N-])cc2)C1c1ccc(N=[N+]=[N-])cc1. The van der Waals surface area contributed by atoms with Crippen molar-refractivity contribution in [2.45, 2.75) is 23.2 Å². The highest BCUT2D eigenvalue weighted by atomic mass is 16.1. The van der Waals surface area contributed by atoms with Gasteiger partial charge in [0.1, 0.15) is 5.41 Å². The normalized spacial score (nSPS) is 17.4. The van der Waals surface area contributed by atoms with E-state index in [1.807, 2.05) is 0 Å². The highest BCUT2D eigenvalue weighted by Gasteiger charge is 2.55. The predicted octanol–water partition coefficient (Wildman–Crippen LogP) is 15.5. The van der Waals surface area contributed by atoms with Crippen LogP contribution in [0.25, 0.3) is 68.2 Å². The largest absolute Gasteiger partial charge is 0.294 e. The molecule has 0 aliphatic heterocycles. The molecule has 0 aromatic heterocycles. The fraction of sp³-hybridized carbons (Fsp3) is 0.0909. The van der Waals surface area contributed by atoms with Gasteiger partial charge in [-0.25, -0.2) is 0 Å². The van der Waals surface area contributed by atoms with Crippen molar-refractivity contribution in [3.8, 4) is 6.07 Å². The Balaban J connectivity index is 1.74. The number of hydrogen-bond acceptors (Lipinski definition) is 8. The molecule has 4 atom stereocenters. The summed E-state index contributed by atoms with van der Waals surface area (Å²) in [5.74, 6) is -3.91. The van der Waals surface area contributed by atoms with E-state index in [1.165, 1.54) is 6.08 Å². The molecule has 6 aromatic carbocycles. The minimum atomic E-state index is -1.86. The van der Waals surface area contributed by atoms with Gasteiger partial charge in [-0.05, 0) is 89.8 Å². The van der Waals surface area contributed by atoms with Crippen molar-refractivity contribution < 1.29 is 4.79 Å². The van der Waals surface area contributed by atoms with E-state index < -0.39 is 29.0 Å².